The summed E-state index contributed by atoms with van der Waals surface area (Å²) in [4.78, 5) is 20.6. The lowest BCUT2D eigenvalue weighted by Crippen LogP contribution is -2.35. The molecule has 0 saturated carbocycles. The average Bonchev–Trinajstić information content (AvgIpc) is 3.28. The molecule has 0 fully saturated rings. The molecule has 8 nitrogen and oxygen atoms in total. The number of rotatable bonds is 0. The van der Waals surface area contributed by atoms with Gasteiger partial charge in [-0.2, -0.15) is 9.61 Å². The maximum absolute atomic E-state index is 12.7. The first-order valence-electron chi connectivity index (χ1n) is 8.78. The number of carbonyl (C=O) groups excluding carboxylic acids is 1. The fraction of sp³-hybridized carbons (Fsp3) is 0.211. The van der Waals surface area contributed by atoms with Crippen molar-refractivity contribution in [1.29, 1.82) is 0 Å². The SMILES string of the molecule is CC1COCc2cccc(c2)Nc2nc3c(cnn3c3[nH]ccc23)C(=O)N1. The lowest BCUT2D eigenvalue weighted by atomic mass is 10.2. The lowest BCUT2D eigenvalue weighted by molar-refractivity contribution is 0.0821. The number of aromatic nitrogens is 4. The molecule has 4 bridgehead atoms. The Labute approximate surface area is 154 Å². The van der Waals surface area contributed by atoms with E-state index in [4.69, 9.17) is 9.72 Å². The van der Waals surface area contributed by atoms with Gasteiger partial charge < -0.3 is 20.4 Å². The van der Waals surface area contributed by atoms with Gasteiger partial charge in [0.15, 0.2) is 5.65 Å². The van der Waals surface area contributed by atoms with Crippen LogP contribution in [0, 0.1) is 0 Å². The van der Waals surface area contributed by atoms with Gasteiger partial charge in [-0.3, -0.25) is 4.79 Å². The molecular weight excluding hydrogens is 344 g/mol. The van der Waals surface area contributed by atoms with Crippen LogP contribution in [0.1, 0.15) is 22.8 Å². The maximum atomic E-state index is 12.7. The number of H-pyrrole nitrogens is 1. The van der Waals surface area contributed by atoms with Crippen LogP contribution in [-0.4, -0.2) is 38.1 Å². The molecule has 5 rings (SSSR count). The molecule has 1 aliphatic rings. The summed E-state index contributed by atoms with van der Waals surface area (Å²) in [7, 11) is 0. The van der Waals surface area contributed by atoms with Crippen LogP contribution in [0.15, 0.2) is 42.7 Å². The Morgan fingerprint density at radius 1 is 1.30 bits per heavy atom. The third-order valence-electron chi connectivity index (χ3n) is 4.60. The van der Waals surface area contributed by atoms with Crippen molar-refractivity contribution in [3.63, 3.8) is 0 Å². The molecule has 3 aromatic heterocycles. The van der Waals surface area contributed by atoms with E-state index in [0.29, 0.717) is 30.2 Å². The molecule has 1 atom stereocenters. The molecule has 0 radical (unpaired) electrons. The van der Waals surface area contributed by atoms with Gasteiger partial charge >= 0.3 is 0 Å². The Balaban J connectivity index is 1.73. The summed E-state index contributed by atoms with van der Waals surface area (Å²) in [6, 6.07) is 9.81. The molecule has 4 aromatic rings. The third kappa shape index (κ3) is 2.70. The van der Waals surface area contributed by atoms with Gasteiger partial charge in [-0.1, -0.05) is 12.1 Å². The highest BCUT2D eigenvalue weighted by Crippen LogP contribution is 2.27. The highest BCUT2D eigenvalue weighted by atomic mass is 16.5. The van der Waals surface area contributed by atoms with Crippen molar-refractivity contribution < 1.29 is 9.53 Å². The van der Waals surface area contributed by atoms with E-state index in [1.165, 1.54) is 0 Å². The first kappa shape index (κ1) is 15.8. The number of hydrogen-bond acceptors (Lipinski definition) is 5. The molecular formula is C19H18N6O2. The minimum atomic E-state index is -0.221. The molecule has 8 heteroatoms. The highest BCUT2D eigenvalue weighted by Gasteiger charge is 2.20. The summed E-state index contributed by atoms with van der Waals surface area (Å²) < 4.78 is 7.41. The fourth-order valence-corrected chi connectivity index (χ4v) is 3.33. The number of nitrogens with one attached hydrogen (secondary N) is 3. The van der Waals surface area contributed by atoms with Crippen LogP contribution in [0.2, 0.25) is 0 Å². The van der Waals surface area contributed by atoms with Crippen LogP contribution in [-0.2, 0) is 11.3 Å². The lowest BCUT2D eigenvalue weighted by Gasteiger charge is -2.15. The van der Waals surface area contributed by atoms with Crippen molar-refractivity contribution in [2.24, 2.45) is 0 Å². The van der Waals surface area contributed by atoms with Gasteiger partial charge in [0.1, 0.15) is 17.0 Å². The highest BCUT2D eigenvalue weighted by molar-refractivity contribution is 6.02. The fourth-order valence-electron chi connectivity index (χ4n) is 3.33. The van der Waals surface area contributed by atoms with Crippen molar-refractivity contribution in [2.45, 2.75) is 19.6 Å². The summed E-state index contributed by atoms with van der Waals surface area (Å²) in [6.45, 7) is 2.80. The minimum Gasteiger partial charge on any atom is -0.375 e. The van der Waals surface area contributed by atoms with E-state index < -0.39 is 0 Å². The predicted molar refractivity (Wildman–Crippen MR) is 101 cm³/mol. The van der Waals surface area contributed by atoms with E-state index in [2.05, 4.69) is 20.7 Å². The molecule has 1 amide bonds. The normalized spacial score (nSPS) is 17.7. The number of anilines is 2. The van der Waals surface area contributed by atoms with Crippen molar-refractivity contribution >= 4 is 34.1 Å². The van der Waals surface area contributed by atoms with Gasteiger partial charge in [-0.05, 0) is 30.7 Å². The molecule has 3 N–H and O–H groups in total. The number of ether oxygens (including phenoxy) is 1. The number of amides is 1. The summed E-state index contributed by atoms with van der Waals surface area (Å²) in [5.74, 6) is 0.442. The number of carbonyl (C=O) groups is 1. The maximum Gasteiger partial charge on any atom is 0.257 e. The Bertz CT molecular complexity index is 1160. The summed E-state index contributed by atoms with van der Waals surface area (Å²) in [5.41, 5.74) is 3.65. The van der Waals surface area contributed by atoms with Crippen molar-refractivity contribution in [3.8, 4) is 0 Å². The quantitative estimate of drug-likeness (QED) is 0.447. The van der Waals surface area contributed by atoms with E-state index in [0.717, 1.165) is 22.3 Å². The van der Waals surface area contributed by atoms with Crippen LogP contribution < -0.4 is 10.6 Å². The van der Waals surface area contributed by atoms with Crippen molar-refractivity contribution in [1.82, 2.24) is 24.9 Å². The van der Waals surface area contributed by atoms with E-state index in [-0.39, 0.29) is 11.9 Å². The third-order valence-corrected chi connectivity index (χ3v) is 4.60. The molecule has 0 aliphatic carbocycles. The first-order valence-corrected chi connectivity index (χ1v) is 8.78. The number of nitrogens with zero attached hydrogens (tertiary/aromatic N) is 3. The van der Waals surface area contributed by atoms with Gasteiger partial charge in [0.05, 0.1) is 24.8 Å². The number of aromatic amines is 1. The van der Waals surface area contributed by atoms with Crippen molar-refractivity contribution in [2.75, 3.05) is 11.9 Å². The van der Waals surface area contributed by atoms with Gasteiger partial charge in [0, 0.05) is 17.9 Å². The topological polar surface area (TPSA) is 96.3 Å². The van der Waals surface area contributed by atoms with Crippen LogP contribution in [0.4, 0.5) is 11.5 Å². The molecule has 4 heterocycles. The van der Waals surface area contributed by atoms with E-state index in [9.17, 15) is 4.79 Å². The Morgan fingerprint density at radius 3 is 3.15 bits per heavy atom. The smallest absolute Gasteiger partial charge is 0.257 e. The zero-order valence-electron chi connectivity index (χ0n) is 14.7. The van der Waals surface area contributed by atoms with Crippen LogP contribution in [0.3, 0.4) is 0 Å². The predicted octanol–water partition coefficient (Wildman–Crippen LogP) is 2.60. The second-order valence-electron chi connectivity index (χ2n) is 6.71. The van der Waals surface area contributed by atoms with Gasteiger partial charge in [-0.25, -0.2) is 4.98 Å². The second-order valence-corrected chi connectivity index (χ2v) is 6.71. The molecule has 1 unspecified atom stereocenters. The van der Waals surface area contributed by atoms with Gasteiger partial charge in [-0.15, -0.1) is 0 Å². The van der Waals surface area contributed by atoms with Crippen molar-refractivity contribution in [3.05, 3.63) is 53.9 Å². The number of fused-ring (bicyclic) bond motifs is 6. The molecule has 27 heavy (non-hydrogen) atoms. The van der Waals surface area contributed by atoms with E-state index in [1.54, 1.807) is 10.7 Å². The monoisotopic (exact) mass is 362 g/mol. The van der Waals surface area contributed by atoms with Crippen LogP contribution in [0.5, 0.6) is 0 Å². The second kappa shape index (κ2) is 6.10. The molecule has 1 aromatic carbocycles. The number of hydrogen-bond donors (Lipinski definition) is 3. The van der Waals surface area contributed by atoms with Gasteiger partial charge in [0.25, 0.3) is 5.91 Å². The zero-order chi connectivity index (χ0) is 18.4. The summed E-state index contributed by atoms with van der Waals surface area (Å²) in [5, 5.41) is 11.6. The molecule has 136 valence electrons. The standard InChI is InChI=1S/C19H18N6O2/c1-11-9-27-10-12-3-2-4-13(7-12)23-16-14-5-6-20-17(14)25-18(24-16)15(8-21-25)19(26)22-11/h2-8,11,20H,9-10H2,1H3,(H,22,26)(H,23,24). The Kier molecular flexibility index (Phi) is 3.58. The average molecular weight is 362 g/mol. The zero-order valence-corrected chi connectivity index (χ0v) is 14.7. The minimum absolute atomic E-state index is 0.134. The summed E-state index contributed by atoms with van der Waals surface area (Å²) in [6.07, 6.45) is 3.38. The van der Waals surface area contributed by atoms with Crippen LogP contribution >= 0.6 is 0 Å². The van der Waals surface area contributed by atoms with Gasteiger partial charge in [0.2, 0.25) is 0 Å². The van der Waals surface area contributed by atoms with Crippen LogP contribution in [0.25, 0.3) is 16.7 Å². The first-order chi connectivity index (χ1) is 13.2. The summed E-state index contributed by atoms with van der Waals surface area (Å²) >= 11 is 0. The molecule has 1 aliphatic heterocycles. The molecule has 0 spiro atoms. The Morgan fingerprint density at radius 2 is 2.22 bits per heavy atom. The van der Waals surface area contributed by atoms with E-state index >= 15 is 0 Å². The largest absolute Gasteiger partial charge is 0.375 e. The Hall–Kier alpha value is -3.39. The molecule has 0 saturated heterocycles. The number of benzene rings is 1. The van der Waals surface area contributed by atoms with E-state index in [1.807, 2.05) is 43.5 Å².